The number of rotatable bonds is 0. The summed E-state index contributed by atoms with van der Waals surface area (Å²) >= 11 is 0. The van der Waals surface area contributed by atoms with Gasteiger partial charge < -0.3 is 0 Å². The Morgan fingerprint density at radius 3 is 1.25 bits per heavy atom. The summed E-state index contributed by atoms with van der Waals surface area (Å²) in [6, 6.07) is 0. The fourth-order valence-electron chi connectivity index (χ4n) is 0.0722. The summed E-state index contributed by atoms with van der Waals surface area (Å²) in [6.07, 6.45) is 9.39. The summed E-state index contributed by atoms with van der Waals surface area (Å²) in [6.45, 7) is 0. The third-order valence-electron chi connectivity index (χ3n) is 0.207. The van der Waals surface area contributed by atoms with Gasteiger partial charge in [0.25, 0.3) is 0 Å². The third-order valence-corrected chi connectivity index (χ3v) is 0.207. The van der Waals surface area contributed by atoms with Gasteiger partial charge in [-0.25, -0.2) is 0 Å². The monoisotopic (exact) mass is 110 g/mol. The van der Waals surface area contributed by atoms with E-state index in [-0.39, 0.29) is 17.7 Å². The highest BCUT2D eigenvalue weighted by molar-refractivity contribution is 5.31. The van der Waals surface area contributed by atoms with Crippen LogP contribution in [0.2, 0.25) is 0 Å². The predicted octanol–water partition coefficient (Wildman–Crippen LogP) is 2.02. The Labute approximate surface area is 55.3 Å². The van der Waals surface area contributed by atoms with E-state index in [2.05, 4.69) is 23.7 Å². The molecule has 0 saturated carbocycles. The van der Waals surface area contributed by atoms with Gasteiger partial charge in [-0.3, -0.25) is 0 Å². The molecular weight excluding hydrogens is 96.1 g/mol. The van der Waals surface area contributed by atoms with Crippen LogP contribution in [0.1, 0.15) is 17.7 Å². The van der Waals surface area contributed by atoms with Crippen molar-refractivity contribution < 1.29 is 2.85 Å². The van der Waals surface area contributed by atoms with Crippen LogP contribution in [-0.4, -0.2) is 0 Å². The summed E-state index contributed by atoms with van der Waals surface area (Å²) in [5.74, 6) is 8.61. The SMILES string of the molecule is C.C.C#CC#CC#C.[HH].[HH]. The maximum Gasteiger partial charge on any atom is 0 e. The molecule has 0 saturated heterocycles. The lowest BCUT2D eigenvalue weighted by molar-refractivity contribution is 2.47. The van der Waals surface area contributed by atoms with Crippen molar-refractivity contribution in [3.05, 3.63) is 0 Å². The lowest BCUT2D eigenvalue weighted by atomic mass is 10.6. The van der Waals surface area contributed by atoms with Crippen molar-refractivity contribution in [3.63, 3.8) is 0 Å². The Morgan fingerprint density at radius 1 is 0.875 bits per heavy atom. The molecule has 0 nitrogen and oxygen atoms in total. The summed E-state index contributed by atoms with van der Waals surface area (Å²) in [4.78, 5) is 0. The van der Waals surface area contributed by atoms with E-state index in [0.29, 0.717) is 0 Å². The zero-order chi connectivity index (χ0) is 4.83. The molecule has 46 valence electrons. The van der Waals surface area contributed by atoms with Gasteiger partial charge in [0.2, 0.25) is 0 Å². The van der Waals surface area contributed by atoms with Gasteiger partial charge in [0.05, 0.1) is 0 Å². The Hall–Kier alpha value is -1.32. The van der Waals surface area contributed by atoms with E-state index in [4.69, 9.17) is 12.8 Å². The highest BCUT2D eigenvalue weighted by Gasteiger charge is 1.41. The van der Waals surface area contributed by atoms with Gasteiger partial charge in [0, 0.05) is 2.85 Å². The van der Waals surface area contributed by atoms with Gasteiger partial charge in [0.15, 0.2) is 0 Å². The van der Waals surface area contributed by atoms with E-state index in [1.165, 1.54) is 0 Å². The minimum absolute atomic E-state index is 0. The van der Waals surface area contributed by atoms with Crippen LogP contribution in [0, 0.1) is 36.5 Å². The molecule has 0 rings (SSSR count). The first-order valence-electron chi connectivity index (χ1n) is 1.33. The predicted molar refractivity (Wildman–Crippen MR) is 43.1 cm³/mol. The second-order valence-electron chi connectivity index (χ2n) is 0.539. The van der Waals surface area contributed by atoms with Crippen molar-refractivity contribution in [2.45, 2.75) is 14.9 Å². The molecule has 0 aromatic heterocycles. The second-order valence-corrected chi connectivity index (χ2v) is 0.539. The fraction of sp³-hybridized carbons (Fsp3) is 0.250. The first kappa shape index (κ1) is 15.9. The Morgan fingerprint density at radius 2 is 1.12 bits per heavy atom. The average Bonchev–Trinajstić information content (AvgIpc) is 1.61. The smallest absolute Gasteiger partial charge is 0 e. The maximum atomic E-state index is 4.70. The molecule has 0 heterocycles. The molecule has 0 heteroatoms. The van der Waals surface area contributed by atoms with Crippen molar-refractivity contribution in [1.29, 1.82) is 0 Å². The lowest BCUT2D eigenvalue weighted by Gasteiger charge is -1.43. The first-order chi connectivity index (χ1) is 2.91. The fourth-order valence-corrected chi connectivity index (χ4v) is 0.0722. The van der Waals surface area contributed by atoms with E-state index < -0.39 is 0 Å². The maximum absolute atomic E-state index is 4.70. The van der Waals surface area contributed by atoms with E-state index in [9.17, 15) is 0 Å². The van der Waals surface area contributed by atoms with Gasteiger partial charge in [0.1, 0.15) is 0 Å². The van der Waals surface area contributed by atoms with Gasteiger partial charge in [-0.2, -0.15) is 0 Å². The van der Waals surface area contributed by atoms with Crippen LogP contribution in [0.3, 0.4) is 0 Å². The molecule has 0 aliphatic heterocycles. The number of terminal acetylenes is 2. The average molecular weight is 110 g/mol. The molecule has 8 heavy (non-hydrogen) atoms. The van der Waals surface area contributed by atoms with Gasteiger partial charge in [-0.1, -0.05) is 14.9 Å². The van der Waals surface area contributed by atoms with E-state index in [1.54, 1.807) is 0 Å². The molecular formula is C8H14. The minimum atomic E-state index is 0. The van der Waals surface area contributed by atoms with Crippen molar-refractivity contribution in [1.82, 2.24) is 0 Å². The molecule has 0 unspecified atom stereocenters. The zero-order valence-corrected chi connectivity index (χ0v) is 3.15. The molecule has 0 N–H and O–H groups in total. The number of hydrogen-bond donors (Lipinski definition) is 0. The lowest BCUT2D eigenvalue weighted by Crippen LogP contribution is -1.42. The Balaban J connectivity index is -0.0000000208. The highest BCUT2D eigenvalue weighted by atomic mass is 13.4. The van der Waals surface area contributed by atoms with Crippen molar-refractivity contribution in [2.24, 2.45) is 0 Å². The quantitative estimate of drug-likeness (QED) is 0.418. The molecule has 0 aromatic carbocycles. The molecule has 0 aliphatic carbocycles. The van der Waals surface area contributed by atoms with Crippen LogP contribution >= 0.6 is 0 Å². The molecule has 0 bridgehead atoms. The normalized spacial score (nSPS) is 2.25. The minimum Gasteiger partial charge on any atom is -0.106 e. The Bertz CT molecular complexity index is 140. The van der Waals surface area contributed by atoms with E-state index in [0.717, 1.165) is 0 Å². The van der Waals surface area contributed by atoms with Crippen LogP contribution in [-0.2, 0) is 0 Å². The summed E-state index contributed by atoms with van der Waals surface area (Å²) in [5, 5.41) is 0. The molecule has 0 spiro atoms. The number of hydrogen-bond acceptors (Lipinski definition) is 0. The van der Waals surface area contributed by atoms with Gasteiger partial charge in [-0.05, 0) is 23.7 Å². The zero-order valence-electron chi connectivity index (χ0n) is 3.15. The third kappa shape index (κ3) is 22.5. The molecule has 0 aromatic rings. The van der Waals surface area contributed by atoms with Crippen LogP contribution in [0.15, 0.2) is 0 Å². The largest absolute Gasteiger partial charge is 0.106 e. The van der Waals surface area contributed by atoms with Crippen molar-refractivity contribution >= 4 is 0 Å². The van der Waals surface area contributed by atoms with E-state index >= 15 is 0 Å². The van der Waals surface area contributed by atoms with Crippen molar-refractivity contribution in [2.75, 3.05) is 0 Å². The van der Waals surface area contributed by atoms with Crippen LogP contribution in [0.4, 0.5) is 0 Å². The molecule has 0 radical (unpaired) electrons. The Kier molecular flexibility index (Phi) is 34.5. The molecule has 0 fully saturated rings. The van der Waals surface area contributed by atoms with Crippen LogP contribution in [0.25, 0.3) is 0 Å². The summed E-state index contributed by atoms with van der Waals surface area (Å²) < 4.78 is 0. The first-order valence-corrected chi connectivity index (χ1v) is 1.33. The van der Waals surface area contributed by atoms with Crippen LogP contribution in [0.5, 0.6) is 0 Å². The van der Waals surface area contributed by atoms with E-state index in [1.807, 2.05) is 0 Å². The molecule has 0 amide bonds. The molecule has 0 aliphatic rings. The standard InChI is InChI=1S/C6H2.2CH4.2H2/c1-3-5-6-4-2;;;;/h1-2H;2*1H4;2*1H. The summed E-state index contributed by atoms with van der Waals surface area (Å²) in [7, 11) is 0. The summed E-state index contributed by atoms with van der Waals surface area (Å²) in [5.41, 5.74) is 0. The van der Waals surface area contributed by atoms with Gasteiger partial charge in [-0.15, -0.1) is 12.8 Å². The topological polar surface area (TPSA) is 0 Å². The van der Waals surface area contributed by atoms with Gasteiger partial charge >= 0.3 is 0 Å². The second kappa shape index (κ2) is 17.3. The van der Waals surface area contributed by atoms with Crippen LogP contribution < -0.4 is 0 Å². The highest BCUT2D eigenvalue weighted by Crippen LogP contribution is 1.42. The molecule has 0 atom stereocenters. The van der Waals surface area contributed by atoms with Crippen molar-refractivity contribution in [3.8, 4) is 36.5 Å².